The molecule has 2 aromatic rings. The molecule has 8 heteroatoms. The predicted octanol–water partition coefficient (Wildman–Crippen LogP) is 4.08. The minimum Gasteiger partial charge on any atom is -0.367 e. The van der Waals surface area contributed by atoms with E-state index in [0.717, 1.165) is 12.1 Å². The number of thiophene rings is 1. The van der Waals surface area contributed by atoms with Gasteiger partial charge in [0.1, 0.15) is 6.61 Å². The largest absolute Gasteiger partial charge is 0.411 e. The second kappa shape index (κ2) is 10.2. The quantitative estimate of drug-likeness (QED) is 0.532. The third-order valence-electron chi connectivity index (χ3n) is 3.30. The summed E-state index contributed by atoms with van der Waals surface area (Å²) >= 11 is 1.67. The van der Waals surface area contributed by atoms with Crippen molar-refractivity contribution in [1.29, 1.82) is 0 Å². The molecule has 0 atom stereocenters. The number of rotatable bonds is 8. The molecule has 0 amide bonds. The molecule has 0 radical (unpaired) electrons. The zero-order valence-electron chi connectivity index (χ0n) is 14.5. The van der Waals surface area contributed by atoms with Crippen LogP contribution in [0.25, 0.3) is 0 Å². The SMILES string of the molecule is CCNC(=NCc1cccc(COCC(F)(F)F)c1)NCc1cccs1. The van der Waals surface area contributed by atoms with Gasteiger partial charge in [-0.05, 0) is 29.5 Å². The molecule has 1 aromatic carbocycles. The van der Waals surface area contributed by atoms with Gasteiger partial charge in [0.05, 0.1) is 19.7 Å². The number of ether oxygens (including phenoxy) is 1. The highest BCUT2D eigenvalue weighted by Crippen LogP contribution is 2.16. The maximum absolute atomic E-state index is 12.1. The third-order valence-corrected chi connectivity index (χ3v) is 4.18. The van der Waals surface area contributed by atoms with E-state index in [-0.39, 0.29) is 6.61 Å². The summed E-state index contributed by atoms with van der Waals surface area (Å²) in [7, 11) is 0. The number of aliphatic imine (C=N–C) groups is 1. The number of guanidine groups is 1. The highest BCUT2D eigenvalue weighted by Gasteiger charge is 2.27. The van der Waals surface area contributed by atoms with E-state index in [4.69, 9.17) is 4.74 Å². The molecule has 0 bridgehead atoms. The van der Waals surface area contributed by atoms with Crippen LogP contribution in [0.3, 0.4) is 0 Å². The first-order chi connectivity index (χ1) is 12.5. The summed E-state index contributed by atoms with van der Waals surface area (Å²) < 4.78 is 41.1. The number of hydrogen-bond donors (Lipinski definition) is 2. The lowest BCUT2D eigenvalue weighted by Gasteiger charge is -2.11. The van der Waals surface area contributed by atoms with Crippen LogP contribution in [0, 0.1) is 0 Å². The van der Waals surface area contributed by atoms with Crippen LogP contribution >= 0.6 is 11.3 Å². The summed E-state index contributed by atoms with van der Waals surface area (Å²) in [4.78, 5) is 5.73. The minimum atomic E-state index is -4.31. The number of nitrogens with zero attached hydrogens (tertiary/aromatic N) is 1. The molecule has 0 fully saturated rings. The molecular formula is C18H22F3N3OS. The molecule has 26 heavy (non-hydrogen) atoms. The summed E-state index contributed by atoms with van der Waals surface area (Å²) in [6, 6.07) is 11.3. The van der Waals surface area contributed by atoms with Gasteiger partial charge < -0.3 is 15.4 Å². The summed E-state index contributed by atoms with van der Waals surface area (Å²) in [5, 5.41) is 8.45. The molecule has 0 aliphatic heterocycles. The first-order valence-electron chi connectivity index (χ1n) is 8.23. The van der Waals surface area contributed by atoms with E-state index in [1.807, 2.05) is 36.6 Å². The first-order valence-corrected chi connectivity index (χ1v) is 9.11. The average molecular weight is 385 g/mol. The lowest BCUT2D eigenvalue weighted by atomic mass is 10.1. The Hall–Kier alpha value is -2.06. The predicted molar refractivity (Wildman–Crippen MR) is 98.1 cm³/mol. The lowest BCUT2D eigenvalue weighted by Crippen LogP contribution is -2.36. The zero-order valence-corrected chi connectivity index (χ0v) is 15.3. The fourth-order valence-corrected chi connectivity index (χ4v) is 2.84. The van der Waals surface area contributed by atoms with Gasteiger partial charge >= 0.3 is 6.18 Å². The van der Waals surface area contributed by atoms with Gasteiger partial charge in [-0.15, -0.1) is 11.3 Å². The van der Waals surface area contributed by atoms with Crippen LogP contribution in [0.1, 0.15) is 22.9 Å². The molecule has 1 heterocycles. The molecule has 0 aliphatic carbocycles. The Morgan fingerprint density at radius 1 is 1.15 bits per heavy atom. The number of hydrogen-bond acceptors (Lipinski definition) is 3. The van der Waals surface area contributed by atoms with Crippen molar-refractivity contribution in [3.05, 3.63) is 57.8 Å². The van der Waals surface area contributed by atoms with E-state index in [9.17, 15) is 13.2 Å². The molecule has 0 saturated heterocycles. The van der Waals surface area contributed by atoms with E-state index in [2.05, 4.69) is 15.6 Å². The van der Waals surface area contributed by atoms with Crippen LogP contribution in [0.4, 0.5) is 13.2 Å². The van der Waals surface area contributed by atoms with Crippen molar-refractivity contribution >= 4 is 17.3 Å². The van der Waals surface area contributed by atoms with Crippen molar-refractivity contribution < 1.29 is 17.9 Å². The van der Waals surface area contributed by atoms with Crippen LogP contribution < -0.4 is 10.6 Å². The summed E-state index contributed by atoms with van der Waals surface area (Å²) in [5.41, 5.74) is 1.60. The van der Waals surface area contributed by atoms with Crippen LogP contribution in [0.2, 0.25) is 0 Å². The Morgan fingerprint density at radius 3 is 2.65 bits per heavy atom. The Balaban J connectivity index is 1.90. The van der Waals surface area contributed by atoms with E-state index < -0.39 is 12.8 Å². The van der Waals surface area contributed by atoms with Crippen LogP contribution in [-0.4, -0.2) is 25.3 Å². The normalized spacial score (nSPS) is 12.2. The molecule has 0 aliphatic rings. The third kappa shape index (κ3) is 7.88. The van der Waals surface area contributed by atoms with Gasteiger partial charge in [0.15, 0.2) is 5.96 Å². The maximum Gasteiger partial charge on any atom is 0.411 e. The second-order valence-corrected chi connectivity index (χ2v) is 6.59. The van der Waals surface area contributed by atoms with Gasteiger partial charge in [-0.2, -0.15) is 13.2 Å². The van der Waals surface area contributed by atoms with Crippen molar-refractivity contribution in [2.45, 2.75) is 32.8 Å². The summed E-state index contributed by atoms with van der Waals surface area (Å²) in [5.74, 6) is 0.694. The van der Waals surface area contributed by atoms with Gasteiger partial charge in [-0.1, -0.05) is 30.3 Å². The van der Waals surface area contributed by atoms with Gasteiger partial charge in [0.2, 0.25) is 0 Å². The fraction of sp³-hybridized carbons (Fsp3) is 0.389. The average Bonchev–Trinajstić information content (AvgIpc) is 3.10. The Morgan fingerprint density at radius 2 is 1.96 bits per heavy atom. The van der Waals surface area contributed by atoms with Gasteiger partial charge in [0, 0.05) is 11.4 Å². The number of benzene rings is 1. The smallest absolute Gasteiger partial charge is 0.367 e. The maximum atomic E-state index is 12.1. The molecule has 0 spiro atoms. The van der Waals surface area contributed by atoms with Crippen molar-refractivity contribution in [3.63, 3.8) is 0 Å². The van der Waals surface area contributed by atoms with Crippen molar-refractivity contribution in [3.8, 4) is 0 Å². The highest BCUT2D eigenvalue weighted by atomic mass is 32.1. The second-order valence-electron chi connectivity index (χ2n) is 5.56. The summed E-state index contributed by atoms with van der Waals surface area (Å²) in [6.07, 6.45) is -4.31. The number of nitrogens with one attached hydrogen (secondary N) is 2. The van der Waals surface area contributed by atoms with E-state index in [1.54, 1.807) is 23.5 Å². The van der Waals surface area contributed by atoms with Crippen molar-refractivity contribution in [2.24, 2.45) is 4.99 Å². The van der Waals surface area contributed by atoms with E-state index >= 15 is 0 Å². The van der Waals surface area contributed by atoms with Crippen molar-refractivity contribution in [1.82, 2.24) is 10.6 Å². The first kappa shape index (κ1) is 20.3. The molecular weight excluding hydrogens is 363 g/mol. The van der Waals surface area contributed by atoms with Gasteiger partial charge in [0.25, 0.3) is 0 Å². The fourth-order valence-electron chi connectivity index (χ4n) is 2.20. The van der Waals surface area contributed by atoms with Crippen molar-refractivity contribution in [2.75, 3.05) is 13.2 Å². The Bertz CT molecular complexity index is 687. The van der Waals surface area contributed by atoms with Gasteiger partial charge in [-0.25, -0.2) is 4.99 Å². The van der Waals surface area contributed by atoms with Crippen LogP contribution in [0.5, 0.6) is 0 Å². The molecule has 142 valence electrons. The van der Waals surface area contributed by atoms with Gasteiger partial charge in [-0.3, -0.25) is 0 Å². The van der Waals surface area contributed by atoms with Crippen LogP contribution in [0.15, 0.2) is 46.8 Å². The summed E-state index contributed by atoms with van der Waals surface area (Å²) in [6.45, 7) is 2.52. The topological polar surface area (TPSA) is 45.7 Å². The lowest BCUT2D eigenvalue weighted by molar-refractivity contribution is -0.176. The minimum absolute atomic E-state index is 0.0756. The number of alkyl halides is 3. The molecule has 0 saturated carbocycles. The Kier molecular flexibility index (Phi) is 7.93. The van der Waals surface area contributed by atoms with Crippen LogP contribution in [-0.2, 0) is 24.4 Å². The molecule has 2 rings (SSSR count). The highest BCUT2D eigenvalue weighted by molar-refractivity contribution is 7.09. The number of halogens is 3. The Labute approximate surface area is 155 Å². The standard InChI is InChI=1S/C18H22F3N3OS/c1-2-22-17(24-11-16-7-4-8-26-16)23-10-14-5-3-6-15(9-14)12-25-13-18(19,20)21/h3-9H,2,10-13H2,1H3,(H2,22,23,24). The molecule has 0 unspecified atom stereocenters. The van der Waals surface area contributed by atoms with E-state index in [0.29, 0.717) is 24.6 Å². The molecule has 2 N–H and O–H groups in total. The van der Waals surface area contributed by atoms with E-state index in [1.165, 1.54) is 4.88 Å². The zero-order chi connectivity index (χ0) is 18.8. The molecule has 1 aromatic heterocycles. The molecule has 4 nitrogen and oxygen atoms in total. The monoisotopic (exact) mass is 385 g/mol.